The average molecular weight is 370 g/mol. The van der Waals surface area contributed by atoms with Gasteiger partial charge in [0.25, 0.3) is 5.91 Å². The first kappa shape index (κ1) is 18.5. The lowest BCUT2D eigenvalue weighted by molar-refractivity contribution is -0.118. The number of methoxy groups -OCH3 is 1. The van der Waals surface area contributed by atoms with Crippen LogP contribution in [-0.4, -0.2) is 30.2 Å². The molecule has 27 heavy (non-hydrogen) atoms. The molecule has 3 amide bonds. The van der Waals surface area contributed by atoms with E-state index in [0.29, 0.717) is 34.9 Å². The van der Waals surface area contributed by atoms with Gasteiger partial charge in [-0.2, -0.15) is 0 Å². The van der Waals surface area contributed by atoms with Gasteiger partial charge in [-0.05, 0) is 25.5 Å². The van der Waals surface area contributed by atoms with E-state index < -0.39 is 0 Å². The number of urea groups is 1. The summed E-state index contributed by atoms with van der Waals surface area (Å²) >= 11 is 0. The fourth-order valence-electron chi connectivity index (χ4n) is 3.04. The summed E-state index contributed by atoms with van der Waals surface area (Å²) in [7, 11) is 1.59. The molecule has 3 rings (SSSR count). The number of para-hydroxylation sites is 1. The zero-order valence-corrected chi connectivity index (χ0v) is 15.5. The van der Waals surface area contributed by atoms with Gasteiger partial charge in [0, 0.05) is 17.3 Å². The van der Waals surface area contributed by atoms with Crippen LogP contribution in [0.15, 0.2) is 46.1 Å². The minimum absolute atomic E-state index is 0.183. The van der Waals surface area contributed by atoms with Crippen molar-refractivity contribution in [3.63, 3.8) is 0 Å². The third-order valence-corrected chi connectivity index (χ3v) is 4.38. The van der Waals surface area contributed by atoms with Gasteiger partial charge >= 0.3 is 6.03 Å². The largest absolute Gasteiger partial charge is 0.496 e. The average Bonchev–Trinajstić information content (AvgIpc) is 3.14. The predicted molar refractivity (Wildman–Crippen MR) is 98.8 cm³/mol. The van der Waals surface area contributed by atoms with Gasteiger partial charge in [-0.1, -0.05) is 24.2 Å². The van der Waals surface area contributed by atoms with E-state index in [2.05, 4.69) is 21.1 Å². The van der Waals surface area contributed by atoms with Crippen molar-refractivity contribution in [3.8, 4) is 17.0 Å². The van der Waals surface area contributed by atoms with Crippen molar-refractivity contribution < 1.29 is 18.8 Å². The third kappa shape index (κ3) is 3.94. The normalized spacial score (nSPS) is 16.6. The topological polar surface area (TPSA) is 105 Å². The molecule has 3 N–H and O–H groups in total. The van der Waals surface area contributed by atoms with Crippen LogP contribution >= 0.6 is 0 Å². The van der Waals surface area contributed by atoms with Crippen molar-refractivity contribution >= 4 is 11.9 Å². The zero-order chi connectivity index (χ0) is 19.4. The second kappa shape index (κ2) is 7.94. The number of benzene rings is 1. The Labute approximate surface area is 156 Å². The molecule has 0 saturated heterocycles. The number of aromatic nitrogens is 1. The summed E-state index contributed by atoms with van der Waals surface area (Å²) in [5, 5.41) is 12.2. The van der Waals surface area contributed by atoms with Crippen LogP contribution in [0, 0.1) is 0 Å². The summed E-state index contributed by atoms with van der Waals surface area (Å²) in [6.45, 7) is 3.81. The molecule has 2 heterocycles. The van der Waals surface area contributed by atoms with E-state index in [0.717, 1.165) is 5.56 Å². The Morgan fingerprint density at radius 1 is 1.37 bits per heavy atom. The second-order valence-electron chi connectivity index (χ2n) is 6.16. The van der Waals surface area contributed by atoms with Gasteiger partial charge in [0.1, 0.15) is 11.4 Å². The van der Waals surface area contributed by atoms with Crippen molar-refractivity contribution in [2.45, 2.75) is 32.9 Å². The molecule has 1 aromatic heterocycles. The molecule has 0 radical (unpaired) electrons. The summed E-state index contributed by atoms with van der Waals surface area (Å²) < 4.78 is 10.7. The Morgan fingerprint density at radius 2 is 2.15 bits per heavy atom. The van der Waals surface area contributed by atoms with E-state index in [1.807, 2.05) is 31.2 Å². The number of hydrogen-bond donors (Lipinski definition) is 3. The fourth-order valence-corrected chi connectivity index (χ4v) is 3.04. The Kier molecular flexibility index (Phi) is 5.44. The highest BCUT2D eigenvalue weighted by Crippen LogP contribution is 2.29. The number of hydrogen-bond acceptors (Lipinski definition) is 5. The summed E-state index contributed by atoms with van der Waals surface area (Å²) in [6, 6.07) is 8.63. The molecule has 0 spiro atoms. The lowest BCUT2D eigenvalue weighted by atomic mass is 10.00. The number of rotatable bonds is 6. The molecule has 0 fully saturated rings. The Morgan fingerprint density at radius 3 is 2.89 bits per heavy atom. The third-order valence-electron chi connectivity index (χ3n) is 4.38. The highest BCUT2D eigenvalue weighted by Gasteiger charge is 2.28. The van der Waals surface area contributed by atoms with Crippen LogP contribution in [0.5, 0.6) is 5.75 Å². The first-order valence-electron chi connectivity index (χ1n) is 8.69. The molecule has 1 aromatic carbocycles. The van der Waals surface area contributed by atoms with Crippen LogP contribution in [0.4, 0.5) is 4.79 Å². The van der Waals surface area contributed by atoms with Crippen molar-refractivity contribution in [2.75, 3.05) is 7.11 Å². The molecule has 8 nitrogen and oxygen atoms in total. The van der Waals surface area contributed by atoms with E-state index >= 15 is 0 Å². The molecular weight excluding hydrogens is 348 g/mol. The maximum absolute atomic E-state index is 12.6. The molecule has 1 unspecified atom stereocenters. The number of ether oxygens (including phenoxy) is 1. The van der Waals surface area contributed by atoms with Crippen LogP contribution in [0.25, 0.3) is 11.3 Å². The number of nitrogens with one attached hydrogen (secondary N) is 3. The number of amides is 3. The molecule has 8 heteroatoms. The summed E-state index contributed by atoms with van der Waals surface area (Å²) in [4.78, 5) is 24.2. The Hall–Kier alpha value is -3.29. The van der Waals surface area contributed by atoms with Gasteiger partial charge in [-0.25, -0.2) is 4.79 Å². The van der Waals surface area contributed by atoms with E-state index in [9.17, 15) is 9.59 Å². The maximum Gasteiger partial charge on any atom is 0.319 e. The van der Waals surface area contributed by atoms with Gasteiger partial charge in [0.15, 0.2) is 5.76 Å². The first-order chi connectivity index (χ1) is 13.0. The van der Waals surface area contributed by atoms with Crippen LogP contribution in [0.3, 0.4) is 0 Å². The molecule has 2 aromatic rings. The first-order valence-corrected chi connectivity index (χ1v) is 8.69. The molecule has 0 saturated carbocycles. The standard InChI is InChI=1S/C19H22N4O4/c1-4-14-17(11(2)21-19(25)22-14)18(24)20-10-12-9-15(23-27-12)13-7-5-6-8-16(13)26-3/h5-9,14H,4,10H2,1-3H3,(H,20,24)(H2,21,22,25). The van der Waals surface area contributed by atoms with Gasteiger partial charge in [0.2, 0.25) is 0 Å². The number of carbonyl (C=O) groups is 2. The zero-order valence-electron chi connectivity index (χ0n) is 15.5. The van der Waals surface area contributed by atoms with Gasteiger partial charge in [-0.15, -0.1) is 0 Å². The predicted octanol–water partition coefficient (Wildman–Crippen LogP) is 2.33. The molecule has 0 aliphatic carbocycles. The quantitative estimate of drug-likeness (QED) is 0.724. The highest BCUT2D eigenvalue weighted by molar-refractivity contribution is 5.98. The van der Waals surface area contributed by atoms with Gasteiger partial charge in [-0.3, -0.25) is 4.79 Å². The highest BCUT2D eigenvalue weighted by atomic mass is 16.5. The molecule has 1 aliphatic heterocycles. The van der Waals surface area contributed by atoms with Gasteiger partial charge in [0.05, 0.1) is 25.3 Å². The molecule has 1 atom stereocenters. The Bertz CT molecular complexity index is 887. The lowest BCUT2D eigenvalue weighted by Gasteiger charge is -2.27. The summed E-state index contributed by atoms with van der Waals surface area (Å²) in [5.41, 5.74) is 2.51. The SMILES string of the molecule is CCC1NC(=O)NC(C)=C1C(=O)NCc1cc(-c2ccccc2OC)no1. The monoisotopic (exact) mass is 370 g/mol. The van der Waals surface area contributed by atoms with E-state index in [1.54, 1.807) is 20.1 Å². The van der Waals surface area contributed by atoms with Crippen molar-refractivity contribution in [1.82, 2.24) is 21.1 Å². The maximum atomic E-state index is 12.6. The van der Waals surface area contributed by atoms with E-state index in [4.69, 9.17) is 9.26 Å². The minimum atomic E-state index is -0.322. The summed E-state index contributed by atoms with van der Waals surface area (Å²) in [5.74, 6) is 0.947. The van der Waals surface area contributed by atoms with Crippen LogP contribution in [0.2, 0.25) is 0 Å². The molecule has 1 aliphatic rings. The Balaban J connectivity index is 1.71. The van der Waals surface area contributed by atoms with Crippen LogP contribution in [-0.2, 0) is 11.3 Å². The van der Waals surface area contributed by atoms with Crippen LogP contribution < -0.4 is 20.7 Å². The smallest absolute Gasteiger partial charge is 0.319 e. The van der Waals surface area contributed by atoms with E-state index in [-0.39, 0.29) is 24.5 Å². The number of carbonyl (C=O) groups excluding carboxylic acids is 2. The van der Waals surface area contributed by atoms with Crippen molar-refractivity contribution in [1.29, 1.82) is 0 Å². The fraction of sp³-hybridized carbons (Fsp3) is 0.316. The minimum Gasteiger partial charge on any atom is -0.496 e. The second-order valence-corrected chi connectivity index (χ2v) is 6.16. The number of allylic oxidation sites excluding steroid dienone is 1. The molecule has 142 valence electrons. The summed E-state index contributed by atoms with van der Waals surface area (Å²) in [6.07, 6.45) is 0.619. The van der Waals surface area contributed by atoms with Crippen LogP contribution in [0.1, 0.15) is 26.0 Å². The number of nitrogens with zero attached hydrogens (tertiary/aromatic N) is 1. The molecular formula is C19H22N4O4. The van der Waals surface area contributed by atoms with E-state index in [1.165, 1.54) is 0 Å². The molecule has 0 bridgehead atoms. The van der Waals surface area contributed by atoms with Crippen molar-refractivity contribution in [3.05, 3.63) is 47.4 Å². The lowest BCUT2D eigenvalue weighted by Crippen LogP contribution is -2.51. The van der Waals surface area contributed by atoms with Crippen molar-refractivity contribution in [2.24, 2.45) is 0 Å². The van der Waals surface area contributed by atoms with Gasteiger partial charge < -0.3 is 25.2 Å².